The molecule has 1 amide bonds. The number of thiazole rings is 1. The number of nitrogens with zero attached hydrogens (tertiary/aromatic N) is 4. The van der Waals surface area contributed by atoms with E-state index >= 15 is 0 Å². The largest absolute Gasteiger partial charge is 0.477 e. The number of rotatable bonds is 9. The molecule has 7 nitrogen and oxygen atoms in total. The first-order valence-corrected chi connectivity index (χ1v) is 12.4. The van der Waals surface area contributed by atoms with E-state index in [0.717, 1.165) is 17.4 Å². The van der Waals surface area contributed by atoms with Crippen molar-refractivity contribution in [2.75, 3.05) is 26.2 Å². The standard InChI is InChI=1S/C23H22ClF4N5O2S/c24-14-2-1-3-15(25)18(14)22(34)30-10-16(20-19(21(26)27)31-12-36-20)33-8-5-13(6-9-33)11-35-17-4-7-29-23(28)32-17/h1-4,7,12-13,16,21H,5-6,8-11H2,(H,30,34). The van der Waals surface area contributed by atoms with Gasteiger partial charge >= 0.3 is 6.08 Å². The van der Waals surface area contributed by atoms with Crippen LogP contribution in [0.4, 0.5) is 17.6 Å². The monoisotopic (exact) mass is 543 g/mol. The van der Waals surface area contributed by atoms with Crippen molar-refractivity contribution in [3.8, 4) is 5.88 Å². The highest BCUT2D eigenvalue weighted by atomic mass is 35.5. The van der Waals surface area contributed by atoms with Gasteiger partial charge in [-0.3, -0.25) is 9.69 Å². The maximum atomic E-state index is 14.2. The van der Waals surface area contributed by atoms with Crippen LogP contribution in [0.1, 0.15) is 46.2 Å². The number of hydrogen-bond donors (Lipinski definition) is 1. The number of alkyl halides is 2. The van der Waals surface area contributed by atoms with E-state index in [1.165, 1.54) is 29.9 Å². The molecule has 4 rings (SSSR count). The molecule has 1 fully saturated rings. The Kier molecular flexibility index (Phi) is 8.70. The van der Waals surface area contributed by atoms with Gasteiger partial charge in [-0.05, 0) is 44.0 Å². The Labute approximate surface area is 213 Å². The molecule has 0 spiro atoms. The molecule has 1 saturated heterocycles. The molecule has 36 heavy (non-hydrogen) atoms. The Morgan fingerprint density at radius 2 is 2.00 bits per heavy atom. The van der Waals surface area contributed by atoms with Crippen LogP contribution < -0.4 is 10.1 Å². The van der Waals surface area contributed by atoms with Crippen LogP contribution in [0.5, 0.6) is 5.88 Å². The summed E-state index contributed by atoms with van der Waals surface area (Å²) in [6.45, 7) is 1.36. The Morgan fingerprint density at radius 1 is 1.22 bits per heavy atom. The fraction of sp³-hybridized carbons (Fsp3) is 0.391. The van der Waals surface area contributed by atoms with E-state index in [1.54, 1.807) is 0 Å². The molecule has 2 aromatic heterocycles. The lowest BCUT2D eigenvalue weighted by atomic mass is 9.96. The maximum absolute atomic E-state index is 14.2. The van der Waals surface area contributed by atoms with Crippen LogP contribution in [-0.4, -0.2) is 52.0 Å². The highest BCUT2D eigenvalue weighted by molar-refractivity contribution is 7.09. The summed E-state index contributed by atoms with van der Waals surface area (Å²) in [5, 5.41) is 2.61. The molecule has 1 aliphatic rings. The van der Waals surface area contributed by atoms with Crippen molar-refractivity contribution in [3.63, 3.8) is 0 Å². The zero-order valence-electron chi connectivity index (χ0n) is 18.8. The molecule has 3 heterocycles. The summed E-state index contributed by atoms with van der Waals surface area (Å²) in [7, 11) is 0. The maximum Gasteiger partial charge on any atom is 0.311 e. The molecule has 3 aromatic rings. The van der Waals surface area contributed by atoms with Gasteiger partial charge < -0.3 is 10.1 Å². The van der Waals surface area contributed by atoms with Crippen LogP contribution in [0.25, 0.3) is 0 Å². The predicted octanol–water partition coefficient (Wildman–Crippen LogP) is 5.06. The number of carbonyl (C=O) groups is 1. The van der Waals surface area contributed by atoms with Gasteiger partial charge in [0, 0.05) is 18.8 Å². The lowest BCUT2D eigenvalue weighted by Gasteiger charge is -2.37. The number of amides is 1. The minimum atomic E-state index is -2.77. The van der Waals surface area contributed by atoms with Crippen molar-refractivity contribution < 1.29 is 27.1 Å². The third-order valence-corrected chi connectivity index (χ3v) is 7.20. The van der Waals surface area contributed by atoms with Crippen molar-refractivity contribution in [1.29, 1.82) is 0 Å². The Balaban J connectivity index is 1.43. The smallest absolute Gasteiger partial charge is 0.311 e. The summed E-state index contributed by atoms with van der Waals surface area (Å²) in [5.74, 6) is -1.22. The third-order valence-electron chi connectivity index (χ3n) is 5.94. The van der Waals surface area contributed by atoms with Gasteiger partial charge in [0.1, 0.15) is 11.5 Å². The van der Waals surface area contributed by atoms with Crippen LogP contribution in [0.2, 0.25) is 5.02 Å². The molecule has 1 atom stereocenters. The number of likely N-dealkylation sites (tertiary alicyclic amines) is 1. The van der Waals surface area contributed by atoms with Gasteiger partial charge in [0.25, 0.3) is 12.3 Å². The summed E-state index contributed by atoms with van der Waals surface area (Å²) in [6.07, 6.45) is -1.02. The summed E-state index contributed by atoms with van der Waals surface area (Å²) in [6, 6.07) is 4.79. The molecule has 0 bridgehead atoms. The molecule has 1 unspecified atom stereocenters. The fourth-order valence-electron chi connectivity index (χ4n) is 4.09. The lowest BCUT2D eigenvalue weighted by molar-refractivity contribution is 0.0866. The molecule has 1 aromatic carbocycles. The van der Waals surface area contributed by atoms with E-state index in [2.05, 4.69) is 20.3 Å². The number of aromatic nitrogens is 3. The van der Waals surface area contributed by atoms with Crippen LogP contribution in [0, 0.1) is 17.8 Å². The number of halogens is 5. The number of piperidine rings is 1. The van der Waals surface area contributed by atoms with Crippen molar-refractivity contribution in [1.82, 2.24) is 25.2 Å². The highest BCUT2D eigenvalue weighted by Crippen LogP contribution is 2.35. The summed E-state index contributed by atoms with van der Waals surface area (Å²) in [5.41, 5.74) is 0.716. The average Bonchev–Trinajstić information content (AvgIpc) is 3.34. The second-order valence-corrected chi connectivity index (χ2v) is 9.47. The predicted molar refractivity (Wildman–Crippen MR) is 125 cm³/mol. The van der Waals surface area contributed by atoms with Crippen molar-refractivity contribution in [2.24, 2.45) is 5.92 Å². The normalized spacial score (nSPS) is 15.7. The fourth-order valence-corrected chi connectivity index (χ4v) is 5.27. The molecule has 0 radical (unpaired) electrons. The lowest BCUT2D eigenvalue weighted by Crippen LogP contribution is -2.43. The van der Waals surface area contributed by atoms with Gasteiger partial charge in [-0.15, -0.1) is 11.3 Å². The minimum Gasteiger partial charge on any atom is -0.477 e. The molecular formula is C23H22ClF4N5O2S. The number of nitrogens with one attached hydrogen (secondary N) is 1. The second kappa shape index (κ2) is 11.9. The van der Waals surface area contributed by atoms with Gasteiger partial charge in [-0.2, -0.15) is 9.37 Å². The van der Waals surface area contributed by atoms with Crippen molar-refractivity contribution >= 4 is 28.8 Å². The second-order valence-electron chi connectivity index (χ2n) is 8.18. The summed E-state index contributed by atoms with van der Waals surface area (Å²) < 4.78 is 60.2. The van der Waals surface area contributed by atoms with E-state index < -0.39 is 30.3 Å². The number of carbonyl (C=O) groups excluding carboxylic acids is 1. The summed E-state index contributed by atoms with van der Waals surface area (Å²) in [4.78, 5) is 25.8. The first-order valence-electron chi connectivity index (χ1n) is 11.1. The zero-order chi connectivity index (χ0) is 25.7. The number of hydrogen-bond acceptors (Lipinski definition) is 7. The Hall–Kier alpha value is -2.83. The van der Waals surface area contributed by atoms with Gasteiger partial charge in [0.05, 0.1) is 33.6 Å². The first kappa shape index (κ1) is 26.2. The Morgan fingerprint density at radius 3 is 2.69 bits per heavy atom. The Bertz CT molecular complexity index is 1170. The number of ether oxygens (including phenoxy) is 1. The number of benzene rings is 1. The SMILES string of the molecule is O=C(NCC(c1scnc1C(F)F)N1CCC(COc2ccnc(F)n2)CC1)c1c(F)cccc1Cl. The van der Waals surface area contributed by atoms with E-state index in [-0.39, 0.29) is 34.6 Å². The van der Waals surface area contributed by atoms with Crippen molar-refractivity contribution in [2.45, 2.75) is 25.3 Å². The summed E-state index contributed by atoms with van der Waals surface area (Å²) >= 11 is 7.08. The topological polar surface area (TPSA) is 80.2 Å². The quantitative estimate of drug-likeness (QED) is 0.300. The van der Waals surface area contributed by atoms with E-state index in [9.17, 15) is 22.4 Å². The molecular weight excluding hydrogens is 522 g/mol. The van der Waals surface area contributed by atoms with Crippen LogP contribution in [0.15, 0.2) is 36.0 Å². The first-order chi connectivity index (χ1) is 17.3. The van der Waals surface area contributed by atoms with E-state index in [1.807, 2.05) is 4.90 Å². The van der Waals surface area contributed by atoms with Gasteiger partial charge in [0.2, 0.25) is 5.88 Å². The van der Waals surface area contributed by atoms with Crippen molar-refractivity contribution in [3.05, 3.63) is 69.0 Å². The van der Waals surface area contributed by atoms with Gasteiger partial charge in [-0.25, -0.2) is 23.1 Å². The molecule has 1 N–H and O–H groups in total. The van der Waals surface area contributed by atoms with Gasteiger partial charge in [-0.1, -0.05) is 17.7 Å². The molecule has 1 aliphatic heterocycles. The third kappa shape index (κ3) is 6.29. The molecule has 13 heteroatoms. The van der Waals surface area contributed by atoms with E-state index in [0.29, 0.717) is 37.4 Å². The molecule has 192 valence electrons. The highest BCUT2D eigenvalue weighted by Gasteiger charge is 2.32. The zero-order valence-corrected chi connectivity index (χ0v) is 20.4. The van der Waals surface area contributed by atoms with E-state index in [4.69, 9.17) is 16.3 Å². The molecule has 0 aliphatic carbocycles. The molecule has 0 saturated carbocycles. The van der Waals surface area contributed by atoms with Crippen LogP contribution in [0.3, 0.4) is 0 Å². The average molecular weight is 544 g/mol. The van der Waals surface area contributed by atoms with Crippen LogP contribution in [-0.2, 0) is 0 Å². The minimum absolute atomic E-state index is 0.0349. The van der Waals surface area contributed by atoms with Gasteiger partial charge in [0.15, 0.2) is 0 Å². The van der Waals surface area contributed by atoms with Crippen LogP contribution >= 0.6 is 22.9 Å².